The molecule has 0 unspecified atom stereocenters. The molecule has 1 fully saturated rings. The Balaban J connectivity index is 1.60. The van der Waals surface area contributed by atoms with E-state index in [2.05, 4.69) is 15.1 Å². The van der Waals surface area contributed by atoms with Crippen molar-refractivity contribution in [3.05, 3.63) is 45.9 Å². The summed E-state index contributed by atoms with van der Waals surface area (Å²) in [5.74, 6) is 0. The average molecular weight is 454 g/mol. The minimum atomic E-state index is -4.72. The topological polar surface area (TPSA) is 76.7 Å². The number of alkyl halides is 3. The Bertz CT molecular complexity index is 1110. The predicted molar refractivity (Wildman–Crippen MR) is 113 cm³/mol. The summed E-state index contributed by atoms with van der Waals surface area (Å²) in [7, 11) is 0. The standard InChI is InChI=1S/C20H22F3N5O2S/c1-13(24-7-4-8-27-9-11-30-12-10-27)16-17(20(21,22)23)26-28(18(16)29)19-25-14-5-2-3-6-15(14)31-19/h2-3,5-6,26H,4,7-12H2,1H3/p+1. The molecule has 1 saturated heterocycles. The Morgan fingerprint density at radius 3 is 2.77 bits per heavy atom. The number of nitrogens with zero attached hydrogens (tertiary/aromatic N) is 3. The first-order valence-electron chi connectivity index (χ1n) is 10.1. The number of fused-ring (bicyclic) bond motifs is 1. The highest BCUT2D eigenvalue weighted by Crippen LogP contribution is 2.31. The van der Waals surface area contributed by atoms with Gasteiger partial charge in [-0.1, -0.05) is 23.5 Å². The van der Waals surface area contributed by atoms with Crippen LogP contribution in [0.3, 0.4) is 0 Å². The van der Waals surface area contributed by atoms with E-state index in [0.717, 1.165) is 60.0 Å². The van der Waals surface area contributed by atoms with Crippen LogP contribution >= 0.6 is 11.3 Å². The van der Waals surface area contributed by atoms with Crippen molar-refractivity contribution < 1.29 is 22.8 Å². The van der Waals surface area contributed by atoms with Crippen LogP contribution in [0.15, 0.2) is 34.1 Å². The highest BCUT2D eigenvalue weighted by atomic mass is 32.1. The fourth-order valence-corrected chi connectivity index (χ4v) is 4.56. The molecule has 4 rings (SSSR count). The lowest BCUT2D eigenvalue weighted by Gasteiger charge is -2.23. The van der Waals surface area contributed by atoms with Crippen LogP contribution in [0.5, 0.6) is 0 Å². The van der Waals surface area contributed by atoms with Crippen LogP contribution in [-0.4, -0.2) is 59.9 Å². The lowest BCUT2D eigenvalue weighted by Crippen LogP contribution is -3.14. The van der Waals surface area contributed by atoms with E-state index in [1.807, 2.05) is 6.07 Å². The number of para-hydroxylation sites is 1. The summed E-state index contributed by atoms with van der Waals surface area (Å²) in [6.45, 7) is 5.97. The minimum Gasteiger partial charge on any atom is -0.370 e. The van der Waals surface area contributed by atoms with Crippen molar-refractivity contribution in [3.8, 4) is 5.13 Å². The Kier molecular flexibility index (Phi) is 6.26. The van der Waals surface area contributed by atoms with Crippen LogP contribution in [0, 0.1) is 0 Å². The molecule has 7 nitrogen and oxygen atoms in total. The van der Waals surface area contributed by atoms with Crippen LogP contribution in [0.25, 0.3) is 15.3 Å². The number of benzene rings is 1. The maximum atomic E-state index is 13.7. The van der Waals surface area contributed by atoms with Gasteiger partial charge in [0.05, 0.1) is 35.5 Å². The summed E-state index contributed by atoms with van der Waals surface area (Å²) in [4.78, 5) is 22.9. The fourth-order valence-electron chi connectivity index (χ4n) is 3.63. The quantitative estimate of drug-likeness (QED) is 0.441. The number of halogens is 3. The van der Waals surface area contributed by atoms with Gasteiger partial charge >= 0.3 is 6.18 Å². The minimum absolute atomic E-state index is 0.0745. The summed E-state index contributed by atoms with van der Waals surface area (Å²) in [6.07, 6.45) is -3.99. The molecule has 2 aromatic heterocycles. The molecule has 1 aliphatic heterocycles. The van der Waals surface area contributed by atoms with Gasteiger partial charge in [-0.3, -0.25) is 14.9 Å². The number of morpholine rings is 1. The first-order chi connectivity index (χ1) is 14.8. The molecular weight excluding hydrogens is 431 g/mol. The van der Waals surface area contributed by atoms with Gasteiger partial charge in [0.25, 0.3) is 5.56 Å². The number of aliphatic imine (C=N–C) groups is 1. The molecule has 1 aromatic carbocycles. The van der Waals surface area contributed by atoms with Crippen molar-refractivity contribution >= 4 is 27.3 Å². The molecule has 0 bridgehead atoms. The number of H-pyrrole nitrogens is 1. The van der Waals surface area contributed by atoms with E-state index < -0.39 is 23.0 Å². The summed E-state index contributed by atoms with van der Waals surface area (Å²) < 4.78 is 48.0. The average Bonchev–Trinajstić information content (AvgIpc) is 3.32. The summed E-state index contributed by atoms with van der Waals surface area (Å²) in [5.41, 5.74) is -1.66. The third kappa shape index (κ3) is 4.73. The maximum Gasteiger partial charge on any atom is 0.433 e. The Hall–Kier alpha value is -2.50. The van der Waals surface area contributed by atoms with Crippen molar-refractivity contribution in [2.45, 2.75) is 19.5 Å². The second kappa shape index (κ2) is 8.93. The molecule has 0 aliphatic carbocycles. The highest BCUT2D eigenvalue weighted by molar-refractivity contribution is 7.20. The van der Waals surface area contributed by atoms with Crippen LogP contribution in [0.2, 0.25) is 0 Å². The molecule has 0 amide bonds. The van der Waals surface area contributed by atoms with E-state index in [1.165, 1.54) is 11.8 Å². The lowest BCUT2D eigenvalue weighted by atomic mass is 10.1. The molecule has 0 radical (unpaired) electrons. The lowest BCUT2D eigenvalue weighted by molar-refractivity contribution is -0.908. The number of hydrogen-bond donors (Lipinski definition) is 2. The zero-order valence-electron chi connectivity index (χ0n) is 17.0. The van der Waals surface area contributed by atoms with Gasteiger partial charge in [0.15, 0.2) is 5.69 Å². The molecular formula is C20H23F3N5O2S+. The van der Waals surface area contributed by atoms with E-state index in [9.17, 15) is 18.0 Å². The van der Waals surface area contributed by atoms with Gasteiger partial charge in [-0.2, -0.15) is 17.9 Å². The SMILES string of the molecule is CC(=NCCC[NH+]1CCOCC1)c1c(C(F)(F)F)[nH]n(-c2nc3ccccc3s2)c1=O. The Morgan fingerprint density at radius 2 is 2.06 bits per heavy atom. The van der Waals surface area contributed by atoms with Gasteiger partial charge in [-0.25, -0.2) is 4.98 Å². The van der Waals surface area contributed by atoms with Gasteiger partial charge in [0.1, 0.15) is 13.1 Å². The smallest absolute Gasteiger partial charge is 0.370 e. The van der Waals surface area contributed by atoms with E-state index in [1.54, 1.807) is 18.2 Å². The van der Waals surface area contributed by atoms with Gasteiger partial charge < -0.3 is 9.64 Å². The number of ether oxygens (including phenoxy) is 1. The number of aromatic nitrogens is 3. The van der Waals surface area contributed by atoms with Crippen LogP contribution in [0.1, 0.15) is 24.6 Å². The first kappa shape index (κ1) is 21.7. The van der Waals surface area contributed by atoms with E-state index in [4.69, 9.17) is 4.74 Å². The van der Waals surface area contributed by atoms with Crippen LogP contribution in [0.4, 0.5) is 13.2 Å². The van der Waals surface area contributed by atoms with Gasteiger partial charge in [-0.15, -0.1) is 0 Å². The zero-order chi connectivity index (χ0) is 22.0. The number of hydrogen-bond acceptors (Lipinski definition) is 5. The zero-order valence-corrected chi connectivity index (χ0v) is 17.8. The second-order valence-corrected chi connectivity index (χ2v) is 8.41. The number of thiazole rings is 1. The Morgan fingerprint density at radius 1 is 1.32 bits per heavy atom. The molecule has 166 valence electrons. The van der Waals surface area contributed by atoms with Crippen molar-refractivity contribution in [1.29, 1.82) is 0 Å². The van der Waals surface area contributed by atoms with Crippen molar-refractivity contribution in [2.24, 2.45) is 4.99 Å². The third-order valence-electron chi connectivity index (χ3n) is 5.25. The molecule has 0 saturated carbocycles. The molecule has 3 heterocycles. The van der Waals surface area contributed by atoms with E-state index in [0.29, 0.717) is 12.1 Å². The number of quaternary nitrogens is 1. The van der Waals surface area contributed by atoms with E-state index >= 15 is 0 Å². The fraction of sp³-hybridized carbons (Fsp3) is 0.450. The normalized spacial score (nSPS) is 16.3. The van der Waals surface area contributed by atoms with Crippen molar-refractivity contribution in [1.82, 2.24) is 14.8 Å². The maximum absolute atomic E-state index is 13.7. The summed E-state index contributed by atoms with van der Waals surface area (Å²) >= 11 is 1.15. The van der Waals surface area contributed by atoms with Crippen molar-refractivity contribution in [2.75, 3.05) is 39.4 Å². The van der Waals surface area contributed by atoms with Crippen LogP contribution < -0.4 is 10.5 Å². The van der Waals surface area contributed by atoms with Crippen molar-refractivity contribution in [3.63, 3.8) is 0 Å². The number of aromatic amines is 1. The largest absolute Gasteiger partial charge is 0.433 e. The number of rotatable bonds is 6. The molecule has 1 aliphatic rings. The van der Waals surface area contributed by atoms with Crippen LogP contribution in [-0.2, 0) is 10.9 Å². The molecule has 3 aromatic rings. The summed E-state index contributed by atoms with van der Waals surface area (Å²) in [5, 5.41) is 2.38. The molecule has 2 N–H and O–H groups in total. The first-order valence-corrected chi connectivity index (χ1v) is 10.9. The predicted octanol–water partition coefficient (Wildman–Crippen LogP) is 1.91. The second-order valence-electron chi connectivity index (χ2n) is 7.40. The van der Waals surface area contributed by atoms with Gasteiger partial charge in [0, 0.05) is 18.7 Å². The number of nitrogens with one attached hydrogen (secondary N) is 2. The Labute approximate surface area is 180 Å². The highest BCUT2D eigenvalue weighted by Gasteiger charge is 2.39. The monoisotopic (exact) mass is 454 g/mol. The summed E-state index contributed by atoms with van der Waals surface area (Å²) in [6, 6.07) is 7.15. The van der Waals surface area contributed by atoms with Gasteiger partial charge in [-0.05, 0) is 19.1 Å². The van der Waals surface area contributed by atoms with Gasteiger partial charge in [0.2, 0.25) is 5.13 Å². The molecule has 0 spiro atoms. The molecule has 31 heavy (non-hydrogen) atoms. The third-order valence-corrected chi connectivity index (χ3v) is 6.27. The van der Waals surface area contributed by atoms with E-state index in [-0.39, 0.29) is 10.8 Å². The molecule has 11 heteroatoms. The molecule has 0 atom stereocenters.